The Morgan fingerprint density at radius 3 is 2.00 bits per heavy atom. The molecule has 2 unspecified atom stereocenters. The molecule has 40 valence electrons. The zero-order valence-corrected chi connectivity index (χ0v) is 6.30. The van der Waals surface area contributed by atoms with E-state index in [2.05, 4.69) is 3.97 Å². The fraction of sp³-hybridized carbons (Fsp3) is 0. The molecule has 0 aromatic rings. The van der Waals surface area contributed by atoms with Gasteiger partial charge in [-0.1, -0.05) is 0 Å². The van der Waals surface area contributed by atoms with Crippen LogP contribution in [0, 0.1) is 0 Å². The van der Waals surface area contributed by atoms with Crippen LogP contribution in [0.1, 0.15) is 0 Å². The van der Waals surface area contributed by atoms with Crippen LogP contribution in [0.15, 0.2) is 0 Å². The molecule has 0 bridgehead atoms. The lowest BCUT2D eigenvalue weighted by molar-refractivity contribution is 0.464. The Morgan fingerprint density at radius 2 is 2.00 bits per heavy atom. The monoisotopic (exact) mass is 193 g/mol. The van der Waals surface area contributed by atoms with Gasteiger partial charge in [0.15, 0.2) is 0 Å². The van der Waals surface area contributed by atoms with Crippen molar-refractivity contribution in [3.63, 3.8) is 0 Å². The Kier molecular flexibility index (Phi) is 10.0. The van der Waals surface area contributed by atoms with Crippen LogP contribution < -0.4 is 0 Å². The van der Waals surface area contributed by atoms with Gasteiger partial charge in [0.2, 0.25) is 0 Å². The fourth-order valence-electron chi connectivity index (χ4n) is 0. The molecular formula is H3BrO3PS-. The quantitative estimate of drug-likeness (QED) is 0.441. The molecule has 6 heavy (non-hydrogen) atoms. The minimum Gasteiger partial charge on any atom is -0.750 e. The van der Waals surface area contributed by atoms with E-state index in [0.717, 1.165) is 0 Å². The van der Waals surface area contributed by atoms with Crippen molar-refractivity contribution < 1.29 is 12.7 Å². The maximum Gasteiger partial charge on any atom is 0.0870 e. The van der Waals surface area contributed by atoms with Crippen molar-refractivity contribution in [2.45, 2.75) is 0 Å². The predicted molar refractivity (Wildman–Crippen MR) is 30.0 cm³/mol. The average molecular weight is 194 g/mol. The normalized spacial score (nSPS) is 12.3. The Morgan fingerprint density at radius 1 is 1.83 bits per heavy atom. The highest BCUT2D eigenvalue weighted by molar-refractivity contribution is 8.93. The first kappa shape index (κ1) is 10.1. The third-order valence-electron chi connectivity index (χ3n) is 0.0786. The van der Waals surface area contributed by atoms with E-state index in [1.165, 1.54) is 0 Å². The van der Waals surface area contributed by atoms with E-state index in [-0.39, 0.29) is 17.0 Å². The number of rotatable bonds is 1. The molecule has 0 N–H and O–H groups in total. The summed E-state index contributed by atoms with van der Waals surface area (Å²) in [6, 6.07) is 0. The smallest absolute Gasteiger partial charge is 0.0870 e. The summed E-state index contributed by atoms with van der Waals surface area (Å²) in [4.78, 5) is 0. The van der Waals surface area contributed by atoms with E-state index < -0.39 is 11.4 Å². The van der Waals surface area contributed by atoms with Crippen molar-refractivity contribution in [2.24, 2.45) is 0 Å². The summed E-state index contributed by atoms with van der Waals surface area (Å²) in [7, 11) is 1.58. The Labute approximate surface area is 51.0 Å². The standard InChI is InChI=1S/BrH.H3O3PS/c;1-5(2)3-4/h1H;4H2,(H,1,2)/p-1. The van der Waals surface area contributed by atoms with Gasteiger partial charge in [-0.3, -0.25) is 3.97 Å². The lowest BCUT2D eigenvalue weighted by Gasteiger charge is -1.93. The molecular weight excluding hydrogens is 191 g/mol. The van der Waals surface area contributed by atoms with Gasteiger partial charge in [0.25, 0.3) is 0 Å². The SMILES string of the molecule is Br.O=S([O-])OP. The van der Waals surface area contributed by atoms with Crippen LogP contribution >= 0.6 is 26.4 Å². The minimum atomic E-state index is -2.36. The van der Waals surface area contributed by atoms with Crippen molar-refractivity contribution in [3.8, 4) is 0 Å². The van der Waals surface area contributed by atoms with Gasteiger partial charge in [-0.15, -0.1) is 17.0 Å². The highest BCUT2D eigenvalue weighted by atomic mass is 79.9. The molecule has 0 aromatic heterocycles. The van der Waals surface area contributed by atoms with Crippen LogP contribution in [-0.4, -0.2) is 8.76 Å². The van der Waals surface area contributed by atoms with Gasteiger partial charge in [-0.2, -0.15) is 0 Å². The second kappa shape index (κ2) is 5.98. The molecule has 3 nitrogen and oxygen atoms in total. The van der Waals surface area contributed by atoms with E-state index in [1.807, 2.05) is 0 Å². The molecule has 0 spiro atoms. The number of halogens is 1. The van der Waals surface area contributed by atoms with E-state index >= 15 is 0 Å². The van der Waals surface area contributed by atoms with Crippen molar-refractivity contribution in [2.75, 3.05) is 0 Å². The maximum absolute atomic E-state index is 9.12. The van der Waals surface area contributed by atoms with Crippen molar-refractivity contribution in [1.82, 2.24) is 0 Å². The summed E-state index contributed by atoms with van der Waals surface area (Å²) >= 11 is -2.36. The molecule has 0 aromatic carbocycles. The minimum absolute atomic E-state index is 0. The molecule has 0 saturated carbocycles. The average Bonchev–Trinajstić information content (AvgIpc) is 1.38. The summed E-state index contributed by atoms with van der Waals surface area (Å²) < 4.78 is 21.8. The van der Waals surface area contributed by atoms with Crippen LogP contribution in [0.2, 0.25) is 0 Å². The molecule has 0 aliphatic carbocycles. The van der Waals surface area contributed by atoms with Gasteiger partial charge >= 0.3 is 0 Å². The van der Waals surface area contributed by atoms with Gasteiger partial charge in [-0.25, -0.2) is 4.21 Å². The summed E-state index contributed by atoms with van der Waals surface area (Å²) in [5, 5.41) is 0. The van der Waals surface area contributed by atoms with E-state index in [1.54, 1.807) is 9.47 Å². The first-order valence-electron chi connectivity index (χ1n) is 0.736. The third kappa shape index (κ3) is 8.88. The molecule has 6 heteroatoms. The van der Waals surface area contributed by atoms with Crippen molar-refractivity contribution in [3.05, 3.63) is 0 Å². The summed E-state index contributed by atoms with van der Waals surface area (Å²) in [5.41, 5.74) is 0. The van der Waals surface area contributed by atoms with Gasteiger partial charge < -0.3 is 4.55 Å². The Balaban J connectivity index is 0. The zero-order valence-electron chi connectivity index (χ0n) is 2.62. The Hall–Kier alpha value is 0.980. The fourth-order valence-corrected chi connectivity index (χ4v) is 0. The number of hydrogen-bond acceptors (Lipinski definition) is 3. The molecule has 0 aliphatic heterocycles. The molecule has 0 fully saturated rings. The van der Waals surface area contributed by atoms with Crippen LogP contribution in [0.5, 0.6) is 0 Å². The van der Waals surface area contributed by atoms with Gasteiger partial charge in [0.1, 0.15) is 0 Å². The molecule has 0 radical (unpaired) electrons. The number of hydrogen-bond donors (Lipinski definition) is 0. The molecule has 0 saturated heterocycles. The van der Waals surface area contributed by atoms with Gasteiger partial charge in [0, 0.05) is 9.47 Å². The second-order valence-corrected chi connectivity index (χ2v) is 1.48. The lowest BCUT2D eigenvalue weighted by Crippen LogP contribution is -1.78. The molecule has 2 atom stereocenters. The summed E-state index contributed by atoms with van der Waals surface area (Å²) in [6.07, 6.45) is 0. The van der Waals surface area contributed by atoms with Crippen LogP contribution in [0.25, 0.3) is 0 Å². The highest BCUT2D eigenvalue weighted by Crippen LogP contribution is 1.84. The van der Waals surface area contributed by atoms with E-state index in [0.29, 0.717) is 0 Å². The van der Waals surface area contributed by atoms with E-state index in [4.69, 9.17) is 8.76 Å². The summed E-state index contributed by atoms with van der Waals surface area (Å²) in [5.74, 6) is 0. The predicted octanol–water partition coefficient (Wildman–Crippen LogP) is 0.165. The van der Waals surface area contributed by atoms with Gasteiger partial charge in [0.05, 0.1) is 11.4 Å². The molecule has 0 heterocycles. The van der Waals surface area contributed by atoms with Gasteiger partial charge in [-0.05, 0) is 0 Å². The largest absolute Gasteiger partial charge is 0.750 e. The van der Waals surface area contributed by atoms with E-state index in [9.17, 15) is 0 Å². The third-order valence-corrected chi connectivity index (χ3v) is 0.707. The molecule has 0 rings (SSSR count). The van der Waals surface area contributed by atoms with Crippen LogP contribution in [0.3, 0.4) is 0 Å². The summed E-state index contributed by atoms with van der Waals surface area (Å²) in [6.45, 7) is 0. The maximum atomic E-state index is 9.12. The first-order valence-corrected chi connectivity index (χ1v) is 2.21. The van der Waals surface area contributed by atoms with Crippen molar-refractivity contribution in [1.29, 1.82) is 0 Å². The lowest BCUT2D eigenvalue weighted by atomic mass is 15.8. The van der Waals surface area contributed by atoms with Crippen LogP contribution in [0.4, 0.5) is 0 Å². The molecule has 0 amide bonds. The topological polar surface area (TPSA) is 49.4 Å². The van der Waals surface area contributed by atoms with Crippen molar-refractivity contribution >= 4 is 37.8 Å². The second-order valence-electron chi connectivity index (χ2n) is 0.300. The van der Waals surface area contributed by atoms with Crippen LogP contribution in [-0.2, 0) is 15.3 Å². The first-order chi connectivity index (χ1) is 2.27. The molecule has 0 aliphatic rings. The highest BCUT2D eigenvalue weighted by Gasteiger charge is 1.59. The Bertz CT molecular complexity index is 46.1. The zero-order chi connectivity index (χ0) is 4.28.